The second-order valence-corrected chi connectivity index (χ2v) is 9.74. The zero-order valence-electron chi connectivity index (χ0n) is 15.8. The molecule has 0 bridgehead atoms. The first-order valence-corrected chi connectivity index (χ1v) is 11.6. The monoisotopic (exact) mass is 432 g/mol. The molecule has 2 aliphatic rings. The van der Waals surface area contributed by atoms with Gasteiger partial charge in [-0.25, -0.2) is 8.42 Å². The quantitative estimate of drug-likeness (QED) is 0.722. The van der Waals surface area contributed by atoms with Crippen molar-refractivity contribution in [3.63, 3.8) is 0 Å². The van der Waals surface area contributed by atoms with Gasteiger partial charge in [-0.2, -0.15) is 4.31 Å². The van der Waals surface area contributed by atoms with Gasteiger partial charge in [0.2, 0.25) is 15.9 Å². The highest BCUT2D eigenvalue weighted by molar-refractivity contribution is 8.14. The van der Waals surface area contributed by atoms with Crippen LogP contribution in [0.15, 0.2) is 53.4 Å². The number of ether oxygens (including phenoxy) is 1. The minimum Gasteiger partial charge on any atom is -0.497 e. The van der Waals surface area contributed by atoms with Crippen molar-refractivity contribution in [3.8, 4) is 16.9 Å². The van der Waals surface area contributed by atoms with Crippen molar-refractivity contribution in [2.75, 3.05) is 26.0 Å². The Morgan fingerprint density at radius 1 is 1.00 bits per heavy atom. The molecule has 2 fully saturated rings. The van der Waals surface area contributed by atoms with Gasteiger partial charge in [0.25, 0.3) is 5.24 Å². The number of rotatable bonds is 5. The Balaban J connectivity index is 1.50. The average Bonchev–Trinajstić information content (AvgIpc) is 3.35. The molecule has 7 nitrogen and oxygen atoms in total. The fourth-order valence-corrected chi connectivity index (χ4v) is 5.88. The summed E-state index contributed by atoms with van der Waals surface area (Å²) in [7, 11) is -2.09. The summed E-state index contributed by atoms with van der Waals surface area (Å²) in [6, 6.07) is 13.9. The van der Waals surface area contributed by atoms with Crippen LogP contribution in [0.4, 0.5) is 4.79 Å². The van der Waals surface area contributed by atoms with E-state index in [2.05, 4.69) is 0 Å². The predicted molar refractivity (Wildman–Crippen MR) is 110 cm³/mol. The molecule has 0 N–H and O–H groups in total. The molecule has 1 unspecified atom stereocenters. The molecular formula is C20H20N2O5S2. The minimum atomic E-state index is -3.69. The zero-order valence-corrected chi connectivity index (χ0v) is 17.4. The maximum absolute atomic E-state index is 13.0. The van der Waals surface area contributed by atoms with Gasteiger partial charge in [-0.1, -0.05) is 36.0 Å². The van der Waals surface area contributed by atoms with Crippen LogP contribution < -0.4 is 4.74 Å². The van der Waals surface area contributed by atoms with Gasteiger partial charge in [-0.05, 0) is 41.8 Å². The number of imide groups is 1. The Morgan fingerprint density at radius 2 is 1.62 bits per heavy atom. The molecule has 0 spiro atoms. The van der Waals surface area contributed by atoms with Crippen LogP contribution in [0.5, 0.6) is 5.75 Å². The number of amides is 2. The number of thioether (sulfide) groups is 1. The van der Waals surface area contributed by atoms with E-state index in [-0.39, 0.29) is 34.9 Å². The van der Waals surface area contributed by atoms with Crippen LogP contribution in [0.3, 0.4) is 0 Å². The van der Waals surface area contributed by atoms with Gasteiger partial charge in [-0.15, -0.1) is 0 Å². The minimum absolute atomic E-state index is 0.134. The number of hydrogen-bond donors (Lipinski definition) is 0. The summed E-state index contributed by atoms with van der Waals surface area (Å²) < 4.78 is 32.5. The van der Waals surface area contributed by atoms with E-state index in [1.807, 2.05) is 24.3 Å². The standard InChI is InChI=1S/C20H20N2O5S2/c1-27-17-6-2-14(3-7-17)15-4-8-18(9-5-15)29(25,26)21-11-10-16(12-21)22-19(23)13-28-20(22)24/h2-9,16H,10-13H2,1H3. The van der Waals surface area contributed by atoms with Crippen molar-refractivity contribution in [3.05, 3.63) is 48.5 Å². The lowest BCUT2D eigenvalue weighted by Crippen LogP contribution is -2.41. The lowest BCUT2D eigenvalue weighted by Gasteiger charge is -2.21. The number of carbonyl (C=O) groups excluding carboxylic acids is 2. The third-order valence-electron chi connectivity index (χ3n) is 5.19. The summed E-state index contributed by atoms with van der Waals surface area (Å²) in [5, 5.41) is -0.289. The van der Waals surface area contributed by atoms with E-state index in [9.17, 15) is 18.0 Å². The number of benzene rings is 2. The smallest absolute Gasteiger partial charge is 0.289 e. The molecule has 152 valence electrons. The molecule has 2 aromatic carbocycles. The van der Waals surface area contributed by atoms with Gasteiger partial charge < -0.3 is 4.74 Å². The SMILES string of the molecule is COc1ccc(-c2ccc(S(=O)(=O)N3CCC(N4C(=O)CSC4=O)C3)cc2)cc1. The van der Waals surface area contributed by atoms with Crippen LogP contribution in [-0.4, -0.2) is 60.8 Å². The third kappa shape index (κ3) is 3.77. The van der Waals surface area contributed by atoms with Crippen LogP contribution in [0.25, 0.3) is 11.1 Å². The van der Waals surface area contributed by atoms with Crippen LogP contribution in [0.2, 0.25) is 0 Å². The maximum atomic E-state index is 13.0. The van der Waals surface area contributed by atoms with E-state index in [1.54, 1.807) is 31.4 Å². The van der Waals surface area contributed by atoms with E-state index in [1.165, 1.54) is 9.21 Å². The lowest BCUT2D eigenvalue weighted by molar-refractivity contribution is -0.126. The maximum Gasteiger partial charge on any atom is 0.289 e. The number of nitrogens with zero attached hydrogens (tertiary/aromatic N) is 2. The topological polar surface area (TPSA) is 84.0 Å². The summed E-state index contributed by atoms with van der Waals surface area (Å²) in [6.45, 7) is 0.426. The van der Waals surface area contributed by atoms with Crippen molar-refractivity contribution in [2.24, 2.45) is 0 Å². The van der Waals surface area contributed by atoms with E-state index in [0.717, 1.165) is 28.6 Å². The first kappa shape index (κ1) is 19.9. The van der Waals surface area contributed by atoms with Crippen LogP contribution in [0, 0.1) is 0 Å². The molecule has 2 saturated heterocycles. The van der Waals surface area contributed by atoms with Gasteiger partial charge in [0.1, 0.15) is 5.75 Å². The van der Waals surface area contributed by atoms with Gasteiger partial charge in [-0.3, -0.25) is 14.5 Å². The summed E-state index contributed by atoms with van der Waals surface area (Å²) in [4.78, 5) is 25.2. The molecule has 0 radical (unpaired) electrons. The molecule has 29 heavy (non-hydrogen) atoms. The summed E-state index contributed by atoms with van der Waals surface area (Å²) >= 11 is 0.969. The summed E-state index contributed by atoms with van der Waals surface area (Å²) in [5.41, 5.74) is 1.86. The third-order valence-corrected chi connectivity index (χ3v) is 7.91. The highest BCUT2D eigenvalue weighted by atomic mass is 32.2. The number of methoxy groups -OCH3 is 1. The molecule has 2 heterocycles. The normalized spacial score (nSPS) is 20.4. The Hall–Kier alpha value is -2.36. The van der Waals surface area contributed by atoms with Crippen LogP contribution >= 0.6 is 11.8 Å². The van der Waals surface area contributed by atoms with Gasteiger partial charge in [0.15, 0.2) is 0 Å². The fraction of sp³-hybridized carbons (Fsp3) is 0.300. The van der Waals surface area contributed by atoms with E-state index < -0.39 is 16.1 Å². The van der Waals surface area contributed by atoms with Crippen molar-refractivity contribution in [2.45, 2.75) is 17.4 Å². The highest BCUT2D eigenvalue weighted by Gasteiger charge is 2.42. The summed E-state index contributed by atoms with van der Waals surface area (Å²) in [6.07, 6.45) is 0.460. The van der Waals surface area contributed by atoms with Crippen LogP contribution in [0.1, 0.15) is 6.42 Å². The van der Waals surface area contributed by atoms with Crippen molar-refractivity contribution >= 4 is 32.9 Å². The molecule has 1 atom stereocenters. The van der Waals surface area contributed by atoms with E-state index in [0.29, 0.717) is 6.42 Å². The Kier molecular flexibility index (Phi) is 5.37. The van der Waals surface area contributed by atoms with Crippen LogP contribution in [-0.2, 0) is 14.8 Å². The lowest BCUT2D eigenvalue weighted by atomic mass is 10.1. The molecule has 0 aliphatic carbocycles. The Bertz CT molecular complexity index is 1020. The molecule has 9 heteroatoms. The average molecular weight is 433 g/mol. The molecule has 2 aliphatic heterocycles. The number of hydrogen-bond acceptors (Lipinski definition) is 6. The first-order chi connectivity index (χ1) is 13.9. The largest absolute Gasteiger partial charge is 0.497 e. The molecule has 2 amide bonds. The first-order valence-electron chi connectivity index (χ1n) is 9.13. The molecule has 4 rings (SSSR count). The molecule has 0 aromatic heterocycles. The molecular weight excluding hydrogens is 412 g/mol. The summed E-state index contributed by atoms with van der Waals surface area (Å²) in [5.74, 6) is 0.646. The number of carbonyl (C=O) groups is 2. The fourth-order valence-electron chi connectivity index (χ4n) is 3.61. The zero-order chi connectivity index (χ0) is 20.6. The van der Waals surface area contributed by atoms with Crippen molar-refractivity contribution < 1.29 is 22.7 Å². The Labute approximate surface area is 173 Å². The highest BCUT2D eigenvalue weighted by Crippen LogP contribution is 2.30. The van der Waals surface area contributed by atoms with Gasteiger partial charge in [0.05, 0.1) is 23.8 Å². The molecule has 0 saturated carbocycles. The molecule has 2 aromatic rings. The predicted octanol–water partition coefficient (Wildman–Crippen LogP) is 2.82. The number of sulfonamides is 1. The second-order valence-electron chi connectivity index (χ2n) is 6.88. The van der Waals surface area contributed by atoms with Crippen molar-refractivity contribution in [1.82, 2.24) is 9.21 Å². The second kappa shape index (κ2) is 7.81. The van der Waals surface area contributed by atoms with E-state index >= 15 is 0 Å². The van der Waals surface area contributed by atoms with Crippen molar-refractivity contribution in [1.29, 1.82) is 0 Å². The van der Waals surface area contributed by atoms with Gasteiger partial charge in [0, 0.05) is 13.1 Å². The Morgan fingerprint density at radius 3 is 2.17 bits per heavy atom. The van der Waals surface area contributed by atoms with Gasteiger partial charge >= 0.3 is 0 Å². The van der Waals surface area contributed by atoms with E-state index in [4.69, 9.17) is 4.74 Å².